The molecule has 0 radical (unpaired) electrons. The second-order valence-corrected chi connectivity index (χ2v) is 11.6. The van der Waals surface area contributed by atoms with Crippen LogP contribution in [0.2, 0.25) is 20.1 Å². The van der Waals surface area contributed by atoms with Crippen molar-refractivity contribution < 1.29 is 28.5 Å². The van der Waals surface area contributed by atoms with Gasteiger partial charge in [-0.1, -0.05) is 96.6 Å². The second-order valence-electron chi connectivity index (χ2n) is 10.1. The van der Waals surface area contributed by atoms with Crippen LogP contribution in [0.3, 0.4) is 0 Å². The van der Waals surface area contributed by atoms with Gasteiger partial charge in [-0.2, -0.15) is 0 Å². The molecule has 0 bridgehead atoms. The summed E-state index contributed by atoms with van der Waals surface area (Å²) in [5, 5.41) is 0.743. The van der Waals surface area contributed by atoms with E-state index in [1.54, 1.807) is 36.4 Å². The Hall–Kier alpha value is -3.42. The molecule has 43 heavy (non-hydrogen) atoms. The fraction of sp³-hybridized carbons (Fsp3) is 0.212. The van der Waals surface area contributed by atoms with Gasteiger partial charge in [-0.3, -0.25) is 0 Å². The summed E-state index contributed by atoms with van der Waals surface area (Å²) in [6.45, 7) is 4.38. The molecule has 0 N–H and O–H groups in total. The molecular formula is C33H28Cl4O6. The molecule has 0 saturated carbocycles. The number of ether oxygens (including phenoxy) is 4. The molecule has 0 heterocycles. The number of methoxy groups -OCH3 is 2. The Bertz CT molecular complexity index is 1590. The third-order valence-corrected chi connectivity index (χ3v) is 8.63. The van der Waals surface area contributed by atoms with Gasteiger partial charge in [-0.15, -0.1) is 0 Å². The zero-order valence-electron chi connectivity index (χ0n) is 23.8. The molecule has 0 aromatic heterocycles. The van der Waals surface area contributed by atoms with Crippen molar-refractivity contribution in [1.82, 2.24) is 0 Å². The Morgan fingerprint density at radius 3 is 1.44 bits per heavy atom. The molecule has 224 valence electrons. The highest BCUT2D eigenvalue weighted by Crippen LogP contribution is 2.51. The zero-order valence-corrected chi connectivity index (χ0v) is 26.8. The van der Waals surface area contributed by atoms with Crippen molar-refractivity contribution in [3.05, 3.63) is 126 Å². The van der Waals surface area contributed by atoms with Gasteiger partial charge in [0.15, 0.2) is 5.75 Å². The second kappa shape index (κ2) is 13.9. The van der Waals surface area contributed by atoms with Crippen molar-refractivity contribution in [3.8, 4) is 11.5 Å². The molecule has 0 amide bonds. The quantitative estimate of drug-likeness (QED) is 0.125. The van der Waals surface area contributed by atoms with Crippen LogP contribution in [-0.4, -0.2) is 26.2 Å². The first kappa shape index (κ1) is 32.5. The van der Waals surface area contributed by atoms with Crippen LogP contribution >= 0.6 is 46.4 Å². The van der Waals surface area contributed by atoms with E-state index in [9.17, 15) is 9.59 Å². The first-order valence-electron chi connectivity index (χ1n) is 13.0. The molecule has 10 heteroatoms. The lowest BCUT2D eigenvalue weighted by molar-refractivity contribution is 0.0592. The van der Waals surface area contributed by atoms with Gasteiger partial charge in [0.25, 0.3) is 0 Å². The average molecular weight is 662 g/mol. The van der Waals surface area contributed by atoms with E-state index >= 15 is 0 Å². The molecule has 0 fully saturated rings. The van der Waals surface area contributed by atoms with Crippen molar-refractivity contribution in [2.75, 3.05) is 14.2 Å². The van der Waals surface area contributed by atoms with Crippen LogP contribution in [0.4, 0.5) is 0 Å². The molecule has 0 saturated heterocycles. The minimum Gasteiger partial charge on any atom is -0.489 e. The minimum atomic E-state index is -0.689. The number of halogens is 4. The lowest BCUT2D eigenvalue weighted by Crippen LogP contribution is -2.20. The number of hydrogen-bond donors (Lipinski definition) is 0. The van der Waals surface area contributed by atoms with Crippen LogP contribution in [0, 0.1) is 0 Å². The Kier molecular flexibility index (Phi) is 10.5. The number of rotatable bonds is 10. The van der Waals surface area contributed by atoms with Crippen molar-refractivity contribution >= 4 is 58.3 Å². The summed E-state index contributed by atoms with van der Waals surface area (Å²) < 4.78 is 21.3. The maximum Gasteiger partial charge on any atom is 0.337 e. The van der Waals surface area contributed by atoms with E-state index in [1.165, 1.54) is 14.2 Å². The van der Waals surface area contributed by atoms with Crippen LogP contribution in [-0.2, 0) is 28.1 Å². The molecule has 0 aliphatic carbocycles. The van der Waals surface area contributed by atoms with E-state index in [0.717, 1.165) is 16.7 Å². The first-order chi connectivity index (χ1) is 20.5. The minimum absolute atomic E-state index is 0.118. The van der Waals surface area contributed by atoms with Gasteiger partial charge in [0, 0.05) is 11.0 Å². The normalized spacial score (nSPS) is 11.2. The van der Waals surface area contributed by atoms with Crippen molar-refractivity contribution in [2.24, 2.45) is 0 Å². The number of esters is 2. The smallest absolute Gasteiger partial charge is 0.337 e. The van der Waals surface area contributed by atoms with E-state index in [0.29, 0.717) is 29.0 Å². The molecule has 0 atom stereocenters. The fourth-order valence-corrected chi connectivity index (χ4v) is 5.85. The summed E-state index contributed by atoms with van der Waals surface area (Å²) in [7, 11) is 2.67. The molecule has 4 aromatic rings. The topological polar surface area (TPSA) is 71.1 Å². The zero-order chi connectivity index (χ0) is 31.3. The summed E-state index contributed by atoms with van der Waals surface area (Å²) in [5.74, 6) is 0.00690. The number of carbonyl (C=O) groups excluding carboxylic acids is 2. The Morgan fingerprint density at radius 1 is 0.605 bits per heavy atom. The maximum absolute atomic E-state index is 11.7. The monoisotopic (exact) mass is 660 g/mol. The van der Waals surface area contributed by atoms with Gasteiger partial charge in [0.05, 0.1) is 35.4 Å². The van der Waals surface area contributed by atoms with E-state index in [1.807, 2.05) is 50.2 Å². The van der Waals surface area contributed by atoms with Gasteiger partial charge in [0.1, 0.15) is 29.0 Å². The predicted octanol–water partition coefficient (Wildman–Crippen LogP) is 9.36. The summed E-state index contributed by atoms with van der Waals surface area (Å²) in [6.07, 6.45) is 0. The van der Waals surface area contributed by atoms with Crippen LogP contribution in [0.1, 0.15) is 56.8 Å². The van der Waals surface area contributed by atoms with Crippen molar-refractivity contribution in [1.29, 1.82) is 0 Å². The molecule has 4 rings (SSSR count). The summed E-state index contributed by atoms with van der Waals surface area (Å²) in [4.78, 5) is 23.3. The highest BCUT2D eigenvalue weighted by Gasteiger charge is 2.33. The summed E-state index contributed by atoms with van der Waals surface area (Å²) in [6, 6.07) is 21.3. The lowest BCUT2D eigenvalue weighted by Gasteiger charge is -2.30. The SMILES string of the molecule is COC(=O)c1ccc(COc2ccc(C(C)(C)c3c(Cl)c(Cl)c(OCc4ccc(C(=O)OC)cc4)c(Cl)c3Cl)cc2)cc1. The number of benzene rings is 4. The van der Waals surface area contributed by atoms with E-state index in [2.05, 4.69) is 0 Å². The van der Waals surface area contributed by atoms with Gasteiger partial charge in [0.2, 0.25) is 0 Å². The van der Waals surface area contributed by atoms with E-state index in [-0.39, 0.29) is 38.4 Å². The number of carbonyl (C=O) groups is 2. The van der Waals surface area contributed by atoms with Crippen molar-refractivity contribution in [3.63, 3.8) is 0 Å². The van der Waals surface area contributed by atoms with Gasteiger partial charge < -0.3 is 18.9 Å². The van der Waals surface area contributed by atoms with Crippen LogP contribution in [0.25, 0.3) is 0 Å². The standard InChI is InChI=1S/C33H28Cl4O6/c1-33(2,23-13-15-24(16-14-23)42-17-19-5-9-21(10-6-19)31(38)40-3)25-26(34)28(36)30(29(37)27(25)35)43-18-20-7-11-22(12-8-20)32(39)41-4/h5-16H,17-18H2,1-4H3. The molecule has 0 aliphatic rings. The highest BCUT2D eigenvalue weighted by molar-refractivity contribution is 6.49. The van der Waals surface area contributed by atoms with Gasteiger partial charge in [-0.05, 0) is 53.1 Å². The highest BCUT2D eigenvalue weighted by atomic mass is 35.5. The summed E-state index contributed by atoms with van der Waals surface area (Å²) in [5.41, 5.74) is 3.34. The molecular weight excluding hydrogens is 634 g/mol. The maximum atomic E-state index is 11.7. The molecule has 0 aliphatic heterocycles. The lowest BCUT2D eigenvalue weighted by atomic mass is 9.78. The Labute approximate surface area is 270 Å². The third kappa shape index (κ3) is 7.22. The van der Waals surface area contributed by atoms with Crippen molar-refractivity contribution in [2.45, 2.75) is 32.5 Å². The van der Waals surface area contributed by atoms with Crippen LogP contribution in [0.5, 0.6) is 11.5 Å². The average Bonchev–Trinajstić information content (AvgIpc) is 3.02. The van der Waals surface area contributed by atoms with E-state index < -0.39 is 11.4 Å². The molecule has 0 unspecified atom stereocenters. The Morgan fingerprint density at radius 2 is 1.02 bits per heavy atom. The largest absolute Gasteiger partial charge is 0.489 e. The van der Waals surface area contributed by atoms with Crippen LogP contribution in [0.15, 0.2) is 72.8 Å². The van der Waals surface area contributed by atoms with Crippen LogP contribution < -0.4 is 9.47 Å². The third-order valence-electron chi connectivity index (χ3n) is 6.96. The predicted molar refractivity (Wildman–Crippen MR) is 169 cm³/mol. The Balaban J connectivity index is 1.49. The number of hydrogen-bond acceptors (Lipinski definition) is 6. The fourth-order valence-electron chi connectivity index (χ4n) is 4.43. The molecule has 4 aromatic carbocycles. The van der Waals surface area contributed by atoms with Gasteiger partial charge in [-0.25, -0.2) is 9.59 Å². The summed E-state index contributed by atoms with van der Waals surface area (Å²) >= 11 is 26.9. The van der Waals surface area contributed by atoms with Gasteiger partial charge >= 0.3 is 11.9 Å². The molecule has 0 spiro atoms. The molecule has 6 nitrogen and oxygen atoms in total. The first-order valence-corrected chi connectivity index (χ1v) is 14.6. The van der Waals surface area contributed by atoms with E-state index in [4.69, 9.17) is 65.4 Å².